The number of amides is 3. The van der Waals surface area contributed by atoms with Gasteiger partial charge in [-0.25, -0.2) is 9.78 Å². The van der Waals surface area contributed by atoms with E-state index in [1.807, 2.05) is 0 Å². The first-order valence-electron chi connectivity index (χ1n) is 8.15. The van der Waals surface area contributed by atoms with Crippen molar-refractivity contribution < 1.29 is 37.1 Å². The molecule has 0 radical (unpaired) electrons. The molecule has 2 aromatic rings. The highest BCUT2D eigenvalue weighted by Gasteiger charge is 2.33. The molecule has 156 valence electrons. The molecule has 0 fully saturated rings. The van der Waals surface area contributed by atoms with Gasteiger partial charge in [0, 0.05) is 13.2 Å². The second-order valence-corrected chi connectivity index (χ2v) is 6.51. The normalized spacial score (nSPS) is 13.3. The molecule has 0 saturated heterocycles. The summed E-state index contributed by atoms with van der Waals surface area (Å²) in [6, 6.07) is 4.32. The van der Waals surface area contributed by atoms with Crippen molar-refractivity contribution in [3.63, 3.8) is 0 Å². The van der Waals surface area contributed by atoms with E-state index in [0.717, 1.165) is 4.90 Å². The Balaban J connectivity index is 1.63. The van der Waals surface area contributed by atoms with E-state index in [4.69, 9.17) is 16.3 Å². The van der Waals surface area contributed by atoms with Gasteiger partial charge in [-0.05, 0) is 24.3 Å². The first-order valence-corrected chi connectivity index (χ1v) is 8.53. The number of rotatable bonds is 4. The molecule has 0 saturated carbocycles. The number of fused-ring (bicyclic) bond motifs is 1. The molecule has 2 heterocycles. The van der Waals surface area contributed by atoms with Crippen LogP contribution in [0.3, 0.4) is 0 Å². The summed E-state index contributed by atoms with van der Waals surface area (Å²) in [6.07, 6.45) is -4.15. The Labute approximate surface area is 171 Å². The van der Waals surface area contributed by atoms with Crippen LogP contribution in [-0.4, -0.2) is 47.2 Å². The van der Waals surface area contributed by atoms with Crippen LogP contribution < -0.4 is 5.32 Å². The lowest BCUT2D eigenvalue weighted by molar-refractivity contribution is -0.137. The number of esters is 1. The molecule has 1 aliphatic rings. The lowest BCUT2D eigenvalue weighted by Gasteiger charge is -2.10. The van der Waals surface area contributed by atoms with E-state index in [2.05, 4.69) is 10.3 Å². The molecule has 3 rings (SSSR count). The predicted molar refractivity (Wildman–Crippen MR) is 96.0 cm³/mol. The van der Waals surface area contributed by atoms with Gasteiger partial charge < -0.3 is 10.1 Å². The maximum Gasteiger partial charge on any atom is 0.417 e. The van der Waals surface area contributed by atoms with Crippen molar-refractivity contribution in [2.45, 2.75) is 6.18 Å². The molecule has 12 heteroatoms. The van der Waals surface area contributed by atoms with Crippen molar-refractivity contribution in [2.75, 3.05) is 19.0 Å². The number of hydrogen-bond acceptors (Lipinski definition) is 6. The minimum absolute atomic E-state index is 0.0298. The van der Waals surface area contributed by atoms with Gasteiger partial charge in [0.2, 0.25) is 0 Å². The summed E-state index contributed by atoms with van der Waals surface area (Å²) >= 11 is 5.68. The maximum atomic E-state index is 12.6. The van der Waals surface area contributed by atoms with Crippen LogP contribution in [0.1, 0.15) is 36.6 Å². The number of ether oxygens (including phenoxy) is 1. The van der Waals surface area contributed by atoms with Crippen LogP contribution in [0.5, 0.6) is 0 Å². The lowest BCUT2D eigenvalue weighted by Crippen LogP contribution is -2.24. The number of aromatic nitrogens is 1. The number of hydrogen-bond donors (Lipinski definition) is 1. The molecular formula is C18H11ClF3N3O5. The first kappa shape index (κ1) is 21.2. The largest absolute Gasteiger partial charge is 0.452 e. The third-order valence-corrected chi connectivity index (χ3v) is 4.37. The van der Waals surface area contributed by atoms with Crippen molar-refractivity contribution in [3.05, 3.63) is 57.7 Å². The zero-order chi connectivity index (χ0) is 22.2. The fourth-order valence-corrected chi connectivity index (χ4v) is 2.77. The van der Waals surface area contributed by atoms with E-state index in [1.54, 1.807) is 0 Å². The Morgan fingerprint density at radius 2 is 1.83 bits per heavy atom. The number of pyridine rings is 1. The summed E-state index contributed by atoms with van der Waals surface area (Å²) in [5, 5.41) is 1.68. The Morgan fingerprint density at radius 3 is 2.47 bits per heavy atom. The molecule has 0 aliphatic carbocycles. The minimum atomic E-state index is -4.65. The number of alkyl halides is 3. The highest BCUT2D eigenvalue weighted by molar-refractivity contribution is 6.33. The van der Waals surface area contributed by atoms with Crippen LogP contribution >= 0.6 is 11.6 Å². The third kappa shape index (κ3) is 4.10. The number of carbonyl (C=O) groups excluding carboxylic acids is 4. The average molecular weight is 442 g/mol. The molecule has 1 aromatic carbocycles. The Morgan fingerprint density at radius 1 is 1.17 bits per heavy atom. The van der Waals surface area contributed by atoms with E-state index >= 15 is 0 Å². The second-order valence-electron chi connectivity index (χ2n) is 6.11. The van der Waals surface area contributed by atoms with E-state index < -0.39 is 47.1 Å². The molecule has 0 spiro atoms. The molecular weight excluding hydrogens is 431 g/mol. The average Bonchev–Trinajstić information content (AvgIpc) is 2.90. The summed E-state index contributed by atoms with van der Waals surface area (Å²) in [4.78, 5) is 52.1. The Hall–Kier alpha value is -3.47. The van der Waals surface area contributed by atoms with E-state index in [0.29, 0.717) is 12.3 Å². The molecule has 0 unspecified atom stereocenters. The SMILES string of the molecule is CN1C(=O)c2ccc(C(=O)OCC(=O)Nc3ncc(C(F)(F)F)cc3Cl)cc2C1=O. The molecule has 30 heavy (non-hydrogen) atoms. The van der Waals surface area contributed by atoms with E-state index in [1.165, 1.54) is 25.2 Å². The van der Waals surface area contributed by atoms with Crippen molar-refractivity contribution in [1.29, 1.82) is 0 Å². The van der Waals surface area contributed by atoms with E-state index in [9.17, 15) is 32.3 Å². The van der Waals surface area contributed by atoms with Gasteiger partial charge in [0.05, 0.1) is 27.3 Å². The van der Waals surface area contributed by atoms with Crippen molar-refractivity contribution in [3.8, 4) is 0 Å². The van der Waals surface area contributed by atoms with Crippen LogP contribution in [0.25, 0.3) is 0 Å². The fraction of sp³-hybridized carbons (Fsp3) is 0.167. The number of anilines is 1. The third-order valence-electron chi connectivity index (χ3n) is 4.09. The summed E-state index contributed by atoms with van der Waals surface area (Å²) in [7, 11) is 1.30. The van der Waals surface area contributed by atoms with Crippen molar-refractivity contribution in [1.82, 2.24) is 9.88 Å². The topological polar surface area (TPSA) is 106 Å². The molecule has 0 bridgehead atoms. The van der Waals surface area contributed by atoms with Gasteiger partial charge in [-0.3, -0.25) is 19.3 Å². The number of halogens is 4. The smallest absolute Gasteiger partial charge is 0.417 e. The molecule has 0 atom stereocenters. The number of nitrogens with one attached hydrogen (secondary N) is 1. The Kier molecular flexibility index (Phi) is 5.49. The highest BCUT2D eigenvalue weighted by Crippen LogP contribution is 2.32. The number of nitrogens with zero attached hydrogens (tertiary/aromatic N) is 2. The highest BCUT2D eigenvalue weighted by atomic mass is 35.5. The van der Waals surface area contributed by atoms with Gasteiger partial charge in [0.25, 0.3) is 17.7 Å². The lowest BCUT2D eigenvalue weighted by atomic mass is 10.1. The summed E-state index contributed by atoms with van der Waals surface area (Å²) in [5.74, 6) is -3.27. The number of imide groups is 1. The van der Waals surface area contributed by atoms with Gasteiger partial charge in [-0.2, -0.15) is 13.2 Å². The molecule has 8 nitrogen and oxygen atoms in total. The standard InChI is InChI=1S/C18H11ClF3N3O5/c1-25-15(27)10-3-2-8(4-11(10)16(25)28)17(29)30-7-13(26)24-14-12(19)5-9(6-23-14)18(20,21)22/h2-6H,7H2,1H3,(H,23,24,26). The first-order chi connectivity index (χ1) is 14.0. The molecule has 1 N–H and O–H groups in total. The monoisotopic (exact) mass is 441 g/mol. The van der Waals surface area contributed by atoms with Gasteiger partial charge in [-0.15, -0.1) is 0 Å². The summed E-state index contributed by atoms with van der Waals surface area (Å²) in [5.41, 5.74) is -0.988. The number of benzene rings is 1. The summed E-state index contributed by atoms with van der Waals surface area (Å²) < 4.78 is 42.6. The molecule has 1 aliphatic heterocycles. The van der Waals surface area contributed by atoms with Crippen LogP contribution in [0.2, 0.25) is 5.02 Å². The maximum absolute atomic E-state index is 12.6. The van der Waals surface area contributed by atoms with E-state index in [-0.39, 0.29) is 22.5 Å². The fourth-order valence-electron chi connectivity index (χ4n) is 2.56. The summed E-state index contributed by atoms with van der Waals surface area (Å²) in [6.45, 7) is -0.790. The van der Waals surface area contributed by atoms with Crippen LogP contribution in [-0.2, 0) is 15.7 Å². The van der Waals surface area contributed by atoms with Crippen LogP contribution in [0.4, 0.5) is 19.0 Å². The van der Waals surface area contributed by atoms with Crippen molar-refractivity contribution >= 4 is 41.1 Å². The minimum Gasteiger partial charge on any atom is -0.452 e. The molecule has 3 amide bonds. The Bertz CT molecular complexity index is 1090. The van der Waals surface area contributed by atoms with Crippen molar-refractivity contribution in [2.24, 2.45) is 0 Å². The molecule has 1 aromatic heterocycles. The quantitative estimate of drug-likeness (QED) is 0.577. The zero-order valence-corrected chi connectivity index (χ0v) is 15.8. The van der Waals surface area contributed by atoms with Gasteiger partial charge in [0.15, 0.2) is 12.4 Å². The second kappa shape index (κ2) is 7.75. The van der Waals surface area contributed by atoms with Crippen LogP contribution in [0.15, 0.2) is 30.5 Å². The van der Waals surface area contributed by atoms with Gasteiger partial charge in [-0.1, -0.05) is 11.6 Å². The number of carbonyl (C=O) groups is 4. The van der Waals surface area contributed by atoms with Gasteiger partial charge >= 0.3 is 12.1 Å². The van der Waals surface area contributed by atoms with Gasteiger partial charge in [0.1, 0.15) is 0 Å². The van der Waals surface area contributed by atoms with Crippen LogP contribution in [0, 0.1) is 0 Å². The predicted octanol–water partition coefficient (Wildman–Crippen LogP) is 2.78. The zero-order valence-electron chi connectivity index (χ0n) is 15.0.